The van der Waals surface area contributed by atoms with Gasteiger partial charge in [-0.25, -0.2) is 0 Å². The Hall–Kier alpha value is -4.24. The van der Waals surface area contributed by atoms with Crippen LogP contribution in [0.25, 0.3) is 17.4 Å². The van der Waals surface area contributed by atoms with Crippen molar-refractivity contribution in [3.8, 4) is 11.3 Å². The van der Waals surface area contributed by atoms with Crippen molar-refractivity contribution < 1.29 is 23.7 Å². The number of nitro benzene ring substituents is 1. The summed E-state index contributed by atoms with van der Waals surface area (Å²) in [5.74, 6) is -0.224. The molecule has 2 amide bonds. The summed E-state index contributed by atoms with van der Waals surface area (Å²) in [6, 6.07) is 17.8. The third-order valence-electron chi connectivity index (χ3n) is 5.30. The SMILES string of the molecule is O=C(NC[C@H]1CCCO1)/C(=C/c1ccc(-c2cccc([N+](=O)[O-])c2)o1)NC(=O)c1ccccc1. The summed E-state index contributed by atoms with van der Waals surface area (Å²) in [5.41, 5.74) is 0.866. The first-order valence-corrected chi connectivity index (χ1v) is 10.8. The molecule has 2 heterocycles. The first-order valence-electron chi connectivity index (χ1n) is 10.8. The average Bonchev–Trinajstić information content (AvgIpc) is 3.55. The molecule has 9 nitrogen and oxygen atoms in total. The van der Waals surface area contributed by atoms with E-state index >= 15 is 0 Å². The van der Waals surface area contributed by atoms with Crippen LogP contribution in [-0.2, 0) is 9.53 Å². The molecule has 1 aromatic heterocycles. The van der Waals surface area contributed by atoms with Gasteiger partial charge in [0.1, 0.15) is 17.2 Å². The lowest BCUT2D eigenvalue weighted by Crippen LogP contribution is -2.38. The molecule has 0 unspecified atom stereocenters. The lowest BCUT2D eigenvalue weighted by molar-refractivity contribution is -0.384. The number of ether oxygens (including phenoxy) is 1. The van der Waals surface area contributed by atoms with Gasteiger partial charge in [0.15, 0.2) is 0 Å². The van der Waals surface area contributed by atoms with Crippen molar-refractivity contribution in [1.82, 2.24) is 10.6 Å². The lowest BCUT2D eigenvalue weighted by atomic mass is 10.1. The zero-order chi connectivity index (χ0) is 23.9. The van der Waals surface area contributed by atoms with Gasteiger partial charge in [0, 0.05) is 42.5 Å². The van der Waals surface area contributed by atoms with Crippen molar-refractivity contribution in [2.45, 2.75) is 18.9 Å². The van der Waals surface area contributed by atoms with Gasteiger partial charge in [-0.05, 0) is 37.1 Å². The van der Waals surface area contributed by atoms with Gasteiger partial charge in [-0.1, -0.05) is 30.3 Å². The van der Waals surface area contributed by atoms with Gasteiger partial charge in [-0.3, -0.25) is 19.7 Å². The molecule has 1 fully saturated rings. The fourth-order valence-electron chi connectivity index (χ4n) is 3.55. The molecule has 1 saturated heterocycles. The minimum atomic E-state index is -0.483. The van der Waals surface area contributed by atoms with Gasteiger partial charge >= 0.3 is 0 Å². The molecular formula is C25H23N3O6. The van der Waals surface area contributed by atoms with Crippen LogP contribution in [0.5, 0.6) is 0 Å². The molecule has 9 heteroatoms. The second kappa shape index (κ2) is 10.6. The monoisotopic (exact) mass is 461 g/mol. The maximum absolute atomic E-state index is 12.9. The number of rotatable bonds is 8. The predicted molar refractivity (Wildman–Crippen MR) is 125 cm³/mol. The van der Waals surface area contributed by atoms with E-state index in [0.717, 1.165) is 12.8 Å². The number of nitrogens with one attached hydrogen (secondary N) is 2. The van der Waals surface area contributed by atoms with Crippen molar-refractivity contribution in [2.75, 3.05) is 13.2 Å². The van der Waals surface area contributed by atoms with Gasteiger partial charge in [0.25, 0.3) is 17.5 Å². The van der Waals surface area contributed by atoms with Crippen LogP contribution in [0.2, 0.25) is 0 Å². The second-order valence-electron chi connectivity index (χ2n) is 7.73. The Bertz CT molecular complexity index is 1210. The molecule has 1 atom stereocenters. The zero-order valence-electron chi connectivity index (χ0n) is 18.2. The fraction of sp³-hybridized carbons (Fsp3) is 0.200. The van der Waals surface area contributed by atoms with Crippen LogP contribution in [0.4, 0.5) is 5.69 Å². The van der Waals surface area contributed by atoms with Gasteiger partial charge in [-0.2, -0.15) is 0 Å². The first kappa shape index (κ1) is 22.9. The molecule has 174 valence electrons. The van der Waals surface area contributed by atoms with Crippen LogP contribution in [0.15, 0.2) is 76.8 Å². The number of carbonyl (C=O) groups is 2. The number of nitrogens with zero attached hydrogens (tertiary/aromatic N) is 1. The number of furan rings is 1. The van der Waals surface area contributed by atoms with E-state index in [0.29, 0.717) is 35.8 Å². The molecule has 0 radical (unpaired) electrons. The number of non-ortho nitro benzene ring substituents is 1. The highest BCUT2D eigenvalue weighted by atomic mass is 16.6. The van der Waals surface area contributed by atoms with E-state index in [1.54, 1.807) is 54.6 Å². The van der Waals surface area contributed by atoms with Crippen LogP contribution < -0.4 is 10.6 Å². The molecular weight excluding hydrogens is 438 g/mol. The molecule has 3 aromatic rings. The number of benzene rings is 2. The second-order valence-corrected chi connectivity index (χ2v) is 7.73. The maximum Gasteiger partial charge on any atom is 0.270 e. The van der Waals surface area contributed by atoms with Crippen LogP contribution in [0, 0.1) is 10.1 Å². The standard InChI is InChI=1S/C25H23N3O6/c29-24(17-6-2-1-3-7-17)27-22(25(30)26-16-21-10-5-13-33-21)15-20-11-12-23(34-20)18-8-4-9-19(14-18)28(31)32/h1-4,6-9,11-12,14-15,21H,5,10,13,16H2,(H,26,30)(H,27,29)/b22-15-/t21-/m1/s1. The number of amides is 2. The van der Waals surface area contributed by atoms with E-state index in [1.807, 2.05) is 0 Å². The molecule has 2 aromatic carbocycles. The van der Waals surface area contributed by atoms with Crippen molar-refractivity contribution in [2.24, 2.45) is 0 Å². The summed E-state index contributed by atoms with van der Waals surface area (Å²) in [4.78, 5) is 36.2. The van der Waals surface area contributed by atoms with E-state index < -0.39 is 16.7 Å². The van der Waals surface area contributed by atoms with Gasteiger partial charge < -0.3 is 19.8 Å². The summed E-state index contributed by atoms with van der Waals surface area (Å²) in [7, 11) is 0. The topological polar surface area (TPSA) is 124 Å². The molecule has 0 bridgehead atoms. The highest BCUT2D eigenvalue weighted by molar-refractivity contribution is 6.05. The molecule has 2 N–H and O–H groups in total. The third-order valence-corrected chi connectivity index (χ3v) is 5.30. The number of hydrogen-bond acceptors (Lipinski definition) is 6. The average molecular weight is 461 g/mol. The van der Waals surface area contributed by atoms with Gasteiger partial charge in [0.2, 0.25) is 0 Å². The molecule has 1 aliphatic rings. The zero-order valence-corrected chi connectivity index (χ0v) is 18.2. The summed E-state index contributed by atoms with van der Waals surface area (Å²) in [5, 5.41) is 16.5. The third kappa shape index (κ3) is 5.76. The van der Waals surface area contributed by atoms with Crippen LogP contribution >= 0.6 is 0 Å². The van der Waals surface area contributed by atoms with Crippen molar-refractivity contribution in [1.29, 1.82) is 0 Å². The molecule has 0 spiro atoms. The van der Waals surface area contributed by atoms with Crippen molar-refractivity contribution in [3.05, 3.63) is 93.9 Å². The van der Waals surface area contributed by atoms with Crippen LogP contribution in [0.1, 0.15) is 29.0 Å². The van der Waals surface area contributed by atoms with Crippen molar-refractivity contribution >= 4 is 23.6 Å². The summed E-state index contributed by atoms with van der Waals surface area (Å²) >= 11 is 0. The Morgan fingerprint density at radius 3 is 2.65 bits per heavy atom. The highest BCUT2D eigenvalue weighted by Crippen LogP contribution is 2.26. The van der Waals surface area contributed by atoms with Gasteiger partial charge in [0.05, 0.1) is 11.0 Å². The molecule has 34 heavy (non-hydrogen) atoms. The van der Waals surface area contributed by atoms with E-state index in [1.165, 1.54) is 18.2 Å². The maximum atomic E-state index is 12.9. The van der Waals surface area contributed by atoms with Crippen LogP contribution in [0.3, 0.4) is 0 Å². The normalized spacial score (nSPS) is 15.6. The van der Waals surface area contributed by atoms with E-state index in [-0.39, 0.29) is 17.5 Å². The number of hydrogen-bond donors (Lipinski definition) is 2. The smallest absolute Gasteiger partial charge is 0.270 e. The Balaban J connectivity index is 1.56. The van der Waals surface area contributed by atoms with E-state index in [9.17, 15) is 19.7 Å². The summed E-state index contributed by atoms with van der Waals surface area (Å²) < 4.78 is 11.3. The minimum Gasteiger partial charge on any atom is -0.457 e. The molecule has 1 aliphatic heterocycles. The number of nitro groups is 1. The summed E-state index contributed by atoms with van der Waals surface area (Å²) in [6.45, 7) is 0.995. The number of carbonyl (C=O) groups excluding carboxylic acids is 2. The van der Waals surface area contributed by atoms with Gasteiger partial charge in [-0.15, -0.1) is 0 Å². The molecule has 0 aliphatic carbocycles. The molecule has 0 saturated carbocycles. The Kier molecular flexibility index (Phi) is 7.14. The Labute approximate surface area is 195 Å². The first-order chi connectivity index (χ1) is 16.5. The largest absolute Gasteiger partial charge is 0.457 e. The summed E-state index contributed by atoms with van der Waals surface area (Å²) in [6.07, 6.45) is 3.17. The molecule has 4 rings (SSSR count). The van der Waals surface area contributed by atoms with E-state index in [4.69, 9.17) is 9.15 Å². The fourth-order valence-corrected chi connectivity index (χ4v) is 3.55. The van der Waals surface area contributed by atoms with E-state index in [2.05, 4.69) is 10.6 Å². The quantitative estimate of drug-likeness (QED) is 0.298. The predicted octanol–water partition coefficient (Wildman–Crippen LogP) is 3.92. The van der Waals surface area contributed by atoms with Crippen LogP contribution in [-0.4, -0.2) is 36.0 Å². The Morgan fingerprint density at radius 1 is 1.09 bits per heavy atom. The Morgan fingerprint density at radius 2 is 1.91 bits per heavy atom. The van der Waals surface area contributed by atoms with Crippen molar-refractivity contribution in [3.63, 3.8) is 0 Å². The highest BCUT2D eigenvalue weighted by Gasteiger charge is 2.20. The lowest BCUT2D eigenvalue weighted by Gasteiger charge is -2.13. The minimum absolute atomic E-state index is 0.00629.